The first-order chi connectivity index (χ1) is 8.92. The summed E-state index contributed by atoms with van der Waals surface area (Å²) >= 11 is 4.72. The van der Waals surface area contributed by atoms with E-state index in [4.69, 9.17) is 22.7 Å². The lowest BCUT2D eigenvalue weighted by atomic mass is 10.1. The van der Waals surface area contributed by atoms with Crippen LogP contribution in [0.3, 0.4) is 0 Å². The molecule has 0 bridgehead atoms. The summed E-state index contributed by atoms with van der Waals surface area (Å²) in [5.74, 6) is -1.35. The average molecular weight is 288 g/mol. The van der Waals surface area contributed by atoms with Gasteiger partial charge in [0.1, 0.15) is 22.3 Å². The minimum absolute atomic E-state index is 0.0302. The Balaban J connectivity index is 3.21. The van der Waals surface area contributed by atoms with Crippen molar-refractivity contribution >= 4 is 22.9 Å². The predicted molar refractivity (Wildman–Crippen MR) is 76.6 cm³/mol. The van der Waals surface area contributed by atoms with Crippen molar-refractivity contribution in [3.8, 4) is 0 Å². The van der Waals surface area contributed by atoms with Gasteiger partial charge in [-0.25, -0.2) is 8.78 Å². The van der Waals surface area contributed by atoms with Crippen molar-refractivity contribution in [1.82, 2.24) is 0 Å². The Labute approximate surface area is 117 Å². The van der Waals surface area contributed by atoms with Crippen molar-refractivity contribution in [1.29, 1.82) is 0 Å². The SMILES string of the molecule is CCN(c1c(F)cc(C(N)=S)cc1F)C(C)COC. The summed E-state index contributed by atoms with van der Waals surface area (Å²) in [7, 11) is 1.55. The van der Waals surface area contributed by atoms with E-state index in [-0.39, 0.29) is 22.3 Å². The molecule has 0 amide bonds. The standard InChI is InChI=1S/C13H18F2N2OS/c1-4-17(8(2)7-18-3)12-10(14)5-9(13(16)19)6-11(12)15/h5-6,8H,4,7H2,1-3H3,(H2,16,19). The van der Waals surface area contributed by atoms with Crippen LogP contribution in [0.1, 0.15) is 19.4 Å². The summed E-state index contributed by atoms with van der Waals surface area (Å²) < 4.78 is 33.2. The van der Waals surface area contributed by atoms with E-state index in [1.807, 2.05) is 13.8 Å². The van der Waals surface area contributed by atoms with Gasteiger partial charge in [-0.3, -0.25) is 0 Å². The Bertz CT molecular complexity index is 445. The Hall–Kier alpha value is -1.27. The molecule has 3 nitrogen and oxygen atoms in total. The van der Waals surface area contributed by atoms with Gasteiger partial charge >= 0.3 is 0 Å². The van der Waals surface area contributed by atoms with Crippen LogP contribution in [0, 0.1) is 11.6 Å². The molecule has 1 aromatic carbocycles. The van der Waals surface area contributed by atoms with Crippen LogP contribution in [0.25, 0.3) is 0 Å². The van der Waals surface area contributed by atoms with Crippen molar-refractivity contribution in [3.63, 3.8) is 0 Å². The molecule has 0 saturated heterocycles. The van der Waals surface area contributed by atoms with E-state index in [9.17, 15) is 8.78 Å². The molecule has 0 fully saturated rings. The third-order valence-corrected chi connectivity index (χ3v) is 3.10. The third-order valence-electron chi connectivity index (χ3n) is 2.87. The summed E-state index contributed by atoms with van der Waals surface area (Å²) in [6, 6.07) is 2.17. The lowest BCUT2D eigenvalue weighted by Gasteiger charge is -2.30. The van der Waals surface area contributed by atoms with Gasteiger partial charge in [0.15, 0.2) is 0 Å². The Kier molecular flexibility index (Phi) is 5.62. The van der Waals surface area contributed by atoms with E-state index < -0.39 is 11.6 Å². The number of benzene rings is 1. The van der Waals surface area contributed by atoms with Crippen molar-refractivity contribution in [2.75, 3.05) is 25.2 Å². The van der Waals surface area contributed by atoms with Crippen LogP contribution in [0.2, 0.25) is 0 Å². The van der Waals surface area contributed by atoms with Gasteiger partial charge in [-0.2, -0.15) is 0 Å². The van der Waals surface area contributed by atoms with E-state index in [1.165, 1.54) is 0 Å². The second kappa shape index (κ2) is 6.77. The molecule has 6 heteroatoms. The van der Waals surface area contributed by atoms with E-state index in [1.54, 1.807) is 12.0 Å². The largest absolute Gasteiger partial charge is 0.389 e. The highest BCUT2D eigenvalue weighted by atomic mass is 32.1. The molecule has 0 heterocycles. The third kappa shape index (κ3) is 3.61. The maximum absolute atomic E-state index is 14.1. The fourth-order valence-electron chi connectivity index (χ4n) is 2.00. The predicted octanol–water partition coefficient (Wildman–Crippen LogP) is 2.46. The zero-order chi connectivity index (χ0) is 14.6. The van der Waals surface area contributed by atoms with Gasteiger partial charge < -0.3 is 15.4 Å². The Morgan fingerprint density at radius 1 is 1.42 bits per heavy atom. The number of thiocarbonyl (C=S) groups is 1. The lowest BCUT2D eigenvalue weighted by Crippen LogP contribution is -2.37. The number of ether oxygens (including phenoxy) is 1. The second-order valence-corrected chi connectivity index (χ2v) is 4.68. The van der Waals surface area contributed by atoms with Gasteiger partial charge in [0.2, 0.25) is 0 Å². The minimum Gasteiger partial charge on any atom is -0.389 e. The second-order valence-electron chi connectivity index (χ2n) is 4.24. The maximum atomic E-state index is 14.1. The molecule has 106 valence electrons. The lowest BCUT2D eigenvalue weighted by molar-refractivity contribution is 0.181. The normalized spacial score (nSPS) is 12.3. The summed E-state index contributed by atoms with van der Waals surface area (Å²) in [4.78, 5) is 1.58. The molecule has 1 atom stereocenters. The molecule has 0 aromatic heterocycles. The van der Waals surface area contributed by atoms with Crippen LogP contribution in [0.15, 0.2) is 12.1 Å². The van der Waals surface area contributed by atoms with E-state index in [2.05, 4.69) is 0 Å². The Morgan fingerprint density at radius 2 is 1.95 bits per heavy atom. The molecule has 0 radical (unpaired) electrons. The van der Waals surface area contributed by atoms with E-state index in [0.29, 0.717) is 13.2 Å². The first-order valence-corrected chi connectivity index (χ1v) is 6.37. The fraction of sp³-hybridized carbons (Fsp3) is 0.462. The van der Waals surface area contributed by atoms with Crippen molar-refractivity contribution in [3.05, 3.63) is 29.3 Å². The summed E-state index contributed by atoms with van der Waals surface area (Å²) in [5.41, 5.74) is 5.49. The monoisotopic (exact) mass is 288 g/mol. The highest BCUT2D eigenvalue weighted by Gasteiger charge is 2.21. The number of hydrogen-bond donors (Lipinski definition) is 1. The molecule has 1 unspecified atom stereocenters. The van der Waals surface area contributed by atoms with Gasteiger partial charge in [0.25, 0.3) is 0 Å². The molecule has 19 heavy (non-hydrogen) atoms. The number of nitrogens with two attached hydrogens (primary N) is 1. The van der Waals surface area contributed by atoms with Gasteiger partial charge in [-0.1, -0.05) is 12.2 Å². The van der Waals surface area contributed by atoms with Gasteiger partial charge in [-0.05, 0) is 26.0 Å². The first-order valence-electron chi connectivity index (χ1n) is 5.96. The number of rotatable bonds is 6. The van der Waals surface area contributed by atoms with Crippen molar-refractivity contribution < 1.29 is 13.5 Å². The zero-order valence-corrected chi connectivity index (χ0v) is 12.1. The molecule has 1 rings (SSSR count). The summed E-state index contributed by atoms with van der Waals surface area (Å²) in [5, 5.41) is 0. The van der Waals surface area contributed by atoms with Crippen LogP contribution in [0.4, 0.5) is 14.5 Å². The smallest absolute Gasteiger partial charge is 0.150 e. The Morgan fingerprint density at radius 3 is 2.32 bits per heavy atom. The molecule has 0 saturated carbocycles. The number of methoxy groups -OCH3 is 1. The molecule has 0 spiro atoms. The summed E-state index contributed by atoms with van der Waals surface area (Å²) in [6.45, 7) is 4.51. The quantitative estimate of drug-likeness (QED) is 0.816. The van der Waals surface area contributed by atoms with Crippen LogP contribution in [-0.2, 0) is 4.74 Å². The molecule has 0 aliphatic rings. The number of nitrogens with zero attached hydrogens (tertiary/aromatic N) is 1. The number of halogens is 2. The van der Waals surface area contributed by atoms with Gasteiger partial charge in [0, 0.05) is 25.3 Å². The molecule has 1 aromatic rings. The molecule has 2 N–H and O–H groups in total. The molecule has 0 aliphatic heterocycles. The maximum Gasteiger partial charge on any atom is 0.150 e. The summed E-state index contributed by atoms with van der Waals surface area (Å²) in [6.07, 6.45) is 0. The molecule has 0 aliphatic carbocycles. The number of hydrogen-bond acceptors (Lipinski definition) is 3. The van der Waals surface area contributed by atoms with Crippen LogP contribution in [-0.4, -0.2) is 31.3 Å². The van der Waals surface area contributed by atoms with Crippen molar-refractivity contribution in [2.24, 2.45) is 5.73 Å². The highest BCUT2D eigenvalue weighted by Crippen LogP contribution is 2.26. The topological polar surface area (TPSA) is 38.5 Å². The average Bonchev–Trinajstić information content (AvgIpc) is 2.33. The van der Waals surface area contributed by atoms with E-state index in [0.717, 1.165) is 12.1 Å². The molecular formula is C13H18F2N2OS. The van der Waals surface area contributed by atoms with Crippen LogP contribution < -0.4 is 10.6 Å². The van der Waals surface area contributed by atoms with Crippen molar-refractivity contribution in [2.45, 2.75) is 19.9 Å². The first kappa shape index (κ1) is 15.8. The number of anilines is 1. The zero-order valence-electron chi connectivity index (χ0n) is 11.2. The molecular weight excluding hydrogens is 270 g/mol. The highest BCUT2D eigenvalue weighted by molar-refractivity contribution is 7.80. The van der Waals surface area contributed by atoms with Gasteiger partial charge in [0.05, 0.1) is 6.61 Å². The van der Waals surface area contributed by atoms with E-state index >= 15 is 0 Å². The van der Waals surface area contributed by atoms with Gasteiger partial charge in [-0.15, -0.1) is 0 Å². The number of likely N-dealkylation sites (N-methyl/N-ethyl adjacent to an activating group) is 1. The minimum atomic E-state index is -0.674. The van der Waals surface area contributed by atoms with Crippen LogP contribution >= 0.6 is 12.2 Å². The fourth-order valence-corrected chi connectivity index (χ4v) is 2.12. The van der Waals surface area contributed by atoms with Crippen LogP contribution in [0.5, 0.6) is 0 Å².